The summed E-state index contributed by atoms with van der Waals surface area (Å²) >= 11 is 4.87. The molecule has 1 atom stereocenters. The van der Waals surface area contributed by atoms with Crippen molar-refractivity contribution in [2.24, 2.45) is 4.99 Å². The minimum absolute atomic E-state index is 0.155. The van der Waals surface area contributed by atoms with E-state index in [-0.39, 0.29) is 19.0 Å². The molecule has 0 radical (unpaired) electrons. The molecule has 0 bridgehead atoms. The summed E-state index contributed by atoms with van der Waals surface area (Å²) in [5.74, 6) is 1.10. The van der Waals surface area contributed by atoms with Gasteiger partial charge >= 0.3 is 5.97 Å². The lowest BCUT2D eigenvalue weighted by Gasteiger charge is -2.26. The molecule has 2 aliphatic rings. The van der Waals surface area contributed by atoms with Crippen LogP contribution in [0.25, 0.3) is 11.8 Å². The van der Waals surface area contributed by atoms with Crippen molar-refractivity contribution in [3.63, 3.8) is 0 Å². The van der Waals surface area contributed by atoms with Crippen LogP contribution in [0.5, 0.6) is 11.5 Å². The summed E-state index contributed by atoms with van der Waals surface area (Å²) in [6, 6.07) is 20.6. The molecule has 0 unspecified atom stereocenters. The predicted octanol–water partition coefficient (Wildman–Crippen LogP) is 5.55. The predicted molar refractivity (Wildman–Crippen MR) is 162 cm³/mol. The van der Waals surface area contributed by atoms with Gasteiger partial charge in [-0.3, -0.25) is 9.36 Å². The highest BCUT2D eigenvalue weighted by molar-refractivity contribution is 9.10. The number of esters is 1. The second kappa shape index (κ2) is 11.1. The number of hydrogen-bond donors (Lipinski definition) is 0. The van der Waals surface area contributed by atoms with Crippen LogP contribution in [0.1, 0.15) is 55.0 Å². The number of carbonyl (C=O) groups is 1. The fourth-order valence-corrected chi connectivity index (χ4v) is 6.43. The highest BCUT2D eigenvalue weighted by atomic mass is 79.9. The van der Waals surface area contributed by atoms with E-state index in [1.165, 1.54) is 16.9 Å². The molecule has 0 saturated heterocycles. The van der Waals surface area contributed by atoms with Crippen LogP contribution in [0.2, 0.25) is 0 Å². The summed E-state index contributed by atoms with van der Waals surface area (Å²) in [5.41, 5.74) is 4.10. The average molecular weight is 632 g/mol. The quantitative estimate of drug-likeness (QED) is 0.261. The van der Waals surface area contributed by atoms with E-state index in [1.54, 1.807) is 11.5 Å². The molecular formula is C32H27BrN2O5S. The van der Waals surface area contributed by atoms with Crippen molar-refractivity contribution in [2.45, 2.75) is 32.7 Å². The van der Waals surface area contributed by atoms with E-state index in [4.69, 9.17) is 19.2 Å². The molecule has 3 heterocycles. The van der Waals surface area contributed by atoms with E-state index >= 15 is 0 Å². The van der Waals surface area contributed by atoms with Gasteiger partial charge in [0.1, 0.15) is 0 Å². The minimum Gasteiger partial charge on any atom is -0.463 e. The molecule has 0 aliphatic carbocycles. The fourth-order valence-electron chi connectivity index (χ4n) is 5.00. The van der Waals surface area contributed by atoms with Crippen LogP contribution in [-0.4, -0.2) is 23.9 Å². The number of nitrogens with zero attached hydrogens (tertiary/aromatic N) is 2. The number of ether oxygens (including phenoxy) is 3. The molecular weight excluding hydrogens is 604 g/mol. The topological polar surface area (TPSA) is 79.1 Å². The summed E-state index contributed by atoms with van der Waals surface area (Å²) in [6.45, 7) is 6.38. The van der Waals surface area contributed by atoms with Crippen LogP contribution < -0.4 is 24.4 Å². The molecule has 7 nitrogen and oxygen atoms in total. The first-order valence-electron chi connectivity index (χ1n) is 13.3. The SMILES string of the molecule is CCOC(=O)C1=C(c2ccccc2)N=c2s/c(=C\c3cc4c(cc3Br)OCO4)c(=O)n2[C@@H]1c1ccc(C(C)C)cc1. The van der Waals surface area contributed by atoms with Crippen molar-refractivity contribution in [3.8, 4) is 11.5 Å². The van der Waals surface area contributed by atoms with Gasteiger partial charge in [-0.2, -0.15) is 0 Å². The molecule has 0 N–H and O–H groups in total. The Bertz CT molecular complexity index is 1860. The Morgan fingerprint density at radius 1 is 1.12 bits per heavy atom. The Morgan fingerprint density at radius 3 is 2.51 bits per heavy atom. The van der Waals surface area contributed by atoms with Crippen molar-refractivity contribution >= 4 is 45.0 Å². The number of carbonyl (C=O) groups excluding carboxylic acids is 1. The summed E-state index contributed by atoms with van der Waals surface area (Å²) in [6.07, 6.45) is 1.81. The molecule has 2 aliphatic heterocycles. The van der Waals surface area contributed by atoms with Crippen LogP contribution in [0.15, 0.2) is 86.6 Å². The summed E-state index contributed by atoms with van der Waals surface area (Å²) in [5, 5.41) is 0. The van der Waals surface area contributed by atoms with E-state index in [9.17, 15) is 9.59 Å². The van der Waals surface area contributed by atoms with Crippen molar-refractivity contribution in [1.29, 1.82) is 0 Å². The van der Waals surface area contributed by atoms with E-state index in [0.717, 1.165) is 21.2 Å². The van der Waals surface area contributed by atoms with E-state index in [2.05, 4.69) is 29.8 Å². The molecule has 1 aromatic heterocycles. The zero-order valence-electron chi connectivity index (χ0n) is 22.7. The molecule has 0 spiro atoms. The van der Waals surface area contributed by atoms with E-state index in [0.29, 0.717) is 38.0 Å². The summed E-state index contributed by atoms with van der Waals surface area (Å²) < 4.78 is 19.4. The lowest BCUT2D eigenvalue weighted by Crippen LogP contribution is -2.40. The number of benzene rings is 3. The van der Waals surface area contributed by atoms with Crippen LogP contribution in [-0.2, 0) is 9.53 Å². The zero-order valence-corrected chi connectivity index (χ0v) is 25.1. The van der Waals surface area contributed by atoms with Gasteiger partial charge in [-0.05, 0) is 47.7 Å². The second-order valence-electron chi connectivity index (χ2n) is 9.98. The maximum atomic E-state index is 14.1. The Labute approximate surface area is 249 Å². The van der Waals surface area contributed by atoms with Crippen LogP contribution in [0.4, 0.5) is 0 Å². The van der Waals surface area contributed by atoms with Crippen LogP contribution >= 0.6 is 27.3 Å². The molecule has 0 saturated carbocycles. The van der Waals surface area contributed by atoms with Gasteiger partial charge in [-0.25, -0.2) is 9.79 Å². The molecule has 208 valence electrons. The largest absolute Gasteiger partial charge is 0.463 e. The highest BCUT2D eigenvalue weighted by Gasteiger charge is 2.35. The van der Waals surface area contributed by atoms with Crippen molar-refractivity contribution in [1.82, 2.24) is 4.57 Å². The Balaban J connectivity index is 1.62. The van der Waals surface area contributed by atoms with Gasteiger partial charge in [0.2, 0.25) is 6.79 Å². The molecule has 41 heavy (non-hydrogen) atoms. The van der Waals surface area contributed by atoms with Gasteiger partial charge in [0.15, 0.2) is 16.3 Å². The fraction of sp³-hybridized carbons (Fsp3) is 0.219. The van der Waals surface area contributed by atoms with E-state index < -0.39 is 12.0 Å². The first-order chi connectivity index (χ1) is 19.9. The maximum absolute atomic E-state index is 14.1. The van der Waals surface area contributed by atoms with Gasteiger partial charge in [0.25, 0.3) is 5.56 Å². The average Bonchev–Trinajstić information content (AvgIpc) is 3.56. The maximum Gasteiger partial charge on any atom is 0.338 e. The molecule has 4 aromatic rings. The second-order valence-corrected chi connectivity index (χ2v) is 11.8. The standard InChI is InChI=1S/C32H27BrN2O5S/c1-4-38-31(37)27-28(20-8-6-5-7-9-20)34-32-35(29(27)21-12-10-19(11-13-21)18(2)3)30(36)26(41-32)15-22-14-24-25(16-23(22)33)40-17-39-24/h5-16,18,29H,4,17H2,1-3H3/b26-15-/t29-/m1/s1. The van der Waals surface area contributed by atoms with E-state index in [1.807, 2.05) is 72.8 Å². The van der Waals surface area contributed by atoms with Gasteiger partial charge in [0, 0.05) is 10.0 Å². The monoisotopic (exact) mass is 630 g/mol. The van der Waals surface area contributed by atoms with Crippen molar-refractivity contribution in [2.75, 3.05) is 13.4 Å². The molecule has 6 rings (SSSR count). The third-order valence-electron chi connectivity index (χ3n) is 7.07. The smallest absolute Gasteiger partial charge is 0.338 e. The Morgan fingerprint density at radius 2 is 1.83 bits per heavy atom. The first kappa shape index (κ1) is 27.2. The lowest BCUT2D eigenvalue weighted by atomic mass is 9.91. The first-order valence-corrected chi connectivity index (χ1v) is 14.9. The molecule has 9 heteroatoms. The van der Waals surface area contributed by atoms with Gasteiger partial charge in [-0.15, -0.1) is 0 Å². The zero-order chi connectivity index (χ0) is 28.7. The Kier molecular flexibility index (Phi) is 7.40. The third kappa shape index (κ3) is 5.04. The molecule has 3 aromatic carbocycles. The normalized spacial score (nSPS) is 16.1. The highest BCUT2D eigenvalue weighted by Crippen LogP contribution is 2.38. The number of thiazole rings is 1. The molecule has 0 fully saturated rings. The molecule has 0 amide bonds. The summed E-state index contributed by atoms with van der Waals surface area (Å²) in [7, 11) is 0. The van der Waals surface area contributed by atoms with Crippen molar-refractivity contribution in [3.05, 3.63) is 119 Å². The van der Waals surface area contributed by atoms with Gasteiger partial charge in [0.05, 0.1) is 28.5 Å². The minimum atomic E-state index is -0.718. The number of hydrogen-bond acceptors (Lipinski definition) is 7. The van der Waals surface area contributed by atoms with Crippen LogP contribution in [0.3, 0.4) is 0 Å². The number of rotatable bonds is 6. The lowest BCUT2D eigenvalue weighted by molar-refractivity contribution is -0.138. The van der Waals surface area contributed by atoms with Gasteiger partial charge < -0.3 is 14.2 Å². The number of aromatic nitrogens is 1. The Hall–Kier alpha value is -3.95. The van der Waals surface area contributed by atoms with Crippen molar-refractivity contribution < 1.29 is 19.0 Å². The summed E-state index contributed by atoms with van der Waals surface area (Å²) in [4.78, 5) is 33.2. The number of halogens is 1. The number of fused-ring (bicyclic) bond motifs is 2. The van der Waals surface area contributed by atoms with Crippen LogP contribution in [0, 0.1) is 0 Å². The third-order valence-corrected chi connectivity index (χ3v) is 8.74. The van der Waals surface area contributed by atoms with Gasteiger partial charge in [-0.1, -0.05) is 95.7 Å².